The third-order valence-electron chi connectivity index (χ3n) is 3.38. The van der Waals surface area contributed by atoms with Crippen molar-refractivity contribution in [3.63, 3.8) is 0 Å². The quantitative estimate of drug-likeness (QED) is 0.616. The SMILES string of the molecule is CCc1ccc(OCCC(=O)NCCCCCCN)cc1. The molecule has 118 valence electrons. The van der Waals surface area contributed by atoms with Crippen molar-refractivity contribution in [3.8, 4) is 5.75 Å². The Balaban J connectivity index is 2.04. The average molecular weight is 292 g/mol. The number of rotatable bonds is 11. The highest BCUT2D eigenvalue weighted by Gasteiger charge is 2.01. The van der Waals surface area contributed by atoms with E-state index in [2.05, 4.69) is 24.4 Å². The molecule has 1 amide bonds. The van der Waals surface area contributed by atoms with Crippen molar-refractivity contribution in [1.29, 1.82) is 0 Å². The second-order valence-electron chi connectivity index (χ2n) is 5.15. The van der Waals surface area contributed by atoms with Crippen LogP contribution in [0.2, 0.25) is 0 Å². The number of nitrogens with one attached hydrogen (secondary N) is 1. The number of hydrogen-bond acceptors (Lipinski definition) is 3. The summed E-state index contributed by atoms with van der Waals surface area (Å²) in [7, 11) is 0. The molecule has 0 saturated heterocycles. The predicted octanol–water partition coefficient (Wildman–Crippen LogP) is 2.65. The molecule has 4 heteroatoms. The molecule has 0 unspecified atom stereocenters. The molecule has 3 N–H and O–H groups in total. The highest BCUT2D eigenvalue weighted by molar-refractivity contribution is 5.75. The molecule has 4 nitrogen and oxygen atoms in total. The van der Waals surface area contributed by atoms with E-state index in [4.69, 9.17) is 10.5 Å². The summed E-state index contributed by atoms with van der Waals surface area (Å²) in [4.78, 5) is 11.6. The average Bonchev–Trinajstić information content (AvgIpc) is 2.51. The Labute approximate surface area is 128 Å². The Kier molecular flexibility index (Phi) is 9.29. The van der Waals surface area contributed by atoms with Crippen LogP contribution >= 0.6 is 0 Å². The second kappa shape index (κ2) is 11.1. The Morgan fingerprint density at radius 2 is 1.86 bits per heavy atom. The lowest BCUT2D eigenvalue weighted by Gasteiger charge is -2.08. The number of ether oxygens (including phenoxy) is 1. The van der Waals surface area contributed by atoms with Gasteiger partial charge in [0.05, 0.1) is 13.0 Å². The number of nitrogens with two attached hydrogens (primary N) is 1. The summed E-state index contributed by atoms with van der Waals surface area (Å²) in [6, 6.07) is 8.01. The first kappa shape index (κ1) is 17.5. The summed E-state index contributed by atoms with van der Waals surface area (Å²) in [5, 5.41) is 2.91. The maximum Gasteiger partial charge on any atom is 0.223 e. The van der Waals surface area contributed by atoms with Gasteiger partial charge in [-0.25, -0.2) is 0 Å². The van der Waals surface area contributed by atoms with Gasteiger partial charge in [0, 0.05) is 6.54 Å². The number of unbranched alkanes of at least 4 members (excludes halogenated alkanes) is 3. The molecule has 0 spiro atoms. The third-order valence-corrected chi connectivity index (χ3v) is 3.38. The highest BCUT2D eigenvalue weighted by atomic mass is 16.5. The van der Waals surface area contributed by atoms with Gasteiger partial charge in [-0.3, -0.25) is 4.79 Å². The molecule has 1 aromatic carbocycles. The summed E-state index contributed by atoms with van der Waals surface area (Å²) in [6.07, 6.45) is 5.77. The minimum Gasteiger partial charge on any atom is -0.493 e. The van der Waals surface area contributed by atoms with Gasteiger partial charge in [0.25, 0.3) is 0 Å². The van der Waals surface area contributed by atoms with Gasteiger partial charge < -0.3 is 15.8 Å². The van der Waals surface area contributed by atoms with Crippen LogP contribution in [0, 0.1) is 0 Å². The molecular formula is C17H28N2O2. The molecule has 0 aliphatic heterocycles. The van der Waals surface area contributed by atoms with Gasteiger partial charge in [-0.05, 0) is 43.5 Å². The maximum absolute atomic E-state index is 11.6. The van der Waals surface area contributed by atoms with Crippen LogP contribution in [-0.4, -0.2) is 25.6 Å². The van der Waals surface area contributed by atoms with Gasteiger partial charge in [-0.1, -0.05) is 31.9 Å². The van der Waals surface area contributed by atoms with Crippen LogP contribution in [0.3, 0.4) is 0 Å². The Bertz CT molecular complexity index is 390. The van der Waals surface area contributed by atoms with Crippen molar-refractivity contribution in [2.75, 3.05) is 19.7 Å². The van der Waals surface area contributed by atoms with E-state index >= 15 is 0 Å². The van der Waals surface area contributed by atoms with E-state index in [9.17, 15) is 4.79 Å². The number of amides is 1. The van der Waals surface area contributed by atoms with Gasteiger partial charge in [0.15, 0.2) is 0 Å². The fraction of sp³-hybridized carbons (Fsp3) is 0.588. The predicted molar refractivity (Wildman–Crippen MR) is 86.5 cm³/mol. The molecule has 0 radical (unpaired) electrons. The summed E-state index contributed by atoms with van der Waals surface area (Å²) >= 11 is 0. The number of aryl methyl sites for hydroxylation is 1. The Morgan fingerprint density at radius 1 is 1.14 bits per heavy atom. The first-order valence-corrected chi connectivity index (χ1v) is 7.94. The van der Waals surface area contributed by atoms with Crippen molar-refractivity contribution in [3.05, 3.63) is 29.8 Å². The Morgan fingerprint density at radius 3 is 2.52 bits per heavy atom. The topological polar surface area (TPSA) is 64.3 Å². The second-order valence-corrected chi connectivity index (χ2v) is 5.15. The number of hydrogen-bond donors (Lipinski definition) is 2. The number of carbonyl (C=O) groups is 1. The van der Waals surface area contributed by atoms with E-state index < -0.39 is 0 Å². The van der Waals surface area contributed by atoms with Crippen molar-refractivity contribution in [1.82, 2.24) is 5.32 Å². The molecule has 0 atom stereocenters. The fourth-order valence-electron chi connectivity index (χ4n) is 2.02. The highest BCUT2D eigenvalue weighted by Crippen LogP contribution is 2.12. The van der Waals surface area contributed by atoms with E-state index in [0.717, 1.165) is 50.9 Å². The van der Waals surface area contributed by atoms with E-state index in [0.29, 0.717) is 13.0 Å². The minimum atomic E-state index is 0.0546. The van der Waals surface area contributed by atoms with Crippen molar-refractivity contribution in [2.24, 2.45) is 5.73 Å². The molecule has 0 aliphatic rings. The first-order chi connectivity index (χ1) is 10.3. The molecule has 0 aliphatic carbocycles. The number of carbonyl (C=O) groups excluding carboxylic acids is 1. The fourth-order valence-corrected chi connectivity index (χ4v) is 2.02. The molecule has 0 saturated carbocycles. The smallest absolute Gasteiger partial charge is 0.223 e. The lowest BCUT2D eigenvalue weighted by Crippen LogP contribution is -2.25. The molecule has 0 fully saturated rings. The van der Waals surface area contributed by atoms with Crippen LogP contribution in [-0.2, 0) is 11.2 Å². The van der Waals surface area contributed by atoms with Crippen LogP contribution in [0.4, 0.5) is 0 Å². The summed E-state index contributed by atoms with van der Waals surface area (Å²) in [5.74, 6) is 0.876. The third kappa shape index (κ3) is 8.35. The maximum atomic E-state index is 11.6. The van der Waals surface area contributed by atoms with Gasteiger partial charge in [-0.2, -0.15) is 0 Å². The van der Waals surface area contributed by atoms with Crippen LogP contribution in [0.15, 0.2) is 24.3 Å². The molecular weight excluding hydrogens is 264 g/mol. The molecule has 0 bridgehead atoms. The van der Waals surface area contributed by atoms with Crippen LogP contribution < -0.4 is 15.8 Å². The summed E-state index contributed by atoms with van der Waals surface area (Å²) < 4.78 is 5.56. The van der Waals surface area contributed by atoms with Gasteiger partial charge in [0.2, 0.25) is 5.91 Å². The number of benzene rings is 1. The van der Waals surface area contributed by atoms with Crippen molar-refractivity contribution in [2.45, 2.75) is 45.4 Å². The van der Waals surface area contributed by atoms with Crippen molar-refractivity contribution >= 4 is 5.91 Å². The minimum absolute atomic E-state index is 0.0546. The lowest BCUT2D eigenvalue weighted by molar-refractivity contribution is -0.121. The van der Waals surface area contributed by atoms with E-state index in [1.165, 1.54) is 5.56 Å². The molecule has 21 heavy (non-hydrogen) atoms. The molecule has 0 heterocycles. The Hall–Kier alpha value is -1.55. The molecule has 0 aromatic heterocycles. The van der Waals surface area contributed by atoms with E-state index in [1.54, 1.807) is 0 Å². The normalized spacial score (nSPS) is 10.4. The van der Waals surface area contributed by atoms with E-state index in [1.807, 2.05) is 12.1 Å². The lowest BCUT2D eigenvalue weighted by atomic mass is 10.2. The molecule has 1 rings (SSSR count). The summed E-state index contributed by atoms with van der Waals surface area (Å²) in [6.45, 7) is 4.04. The van der Waals surface area contributed by atoms with Crippen LogP contribution in [0.25, 0.3) is 0 Å². The van der Waals surface area contributed by atoms with E-state index in [-0.39, 0.29) is 5.91 Å². The van der Waals surface area contributed by atoms with Crippen LogP contribution in [0.5, 0.6) is 5.75 Å². The van der Waals surface area contributed by atoms with Gasteiger partial charge >= 0.3 is 0 Å². The zero-order chi connectivity index (χ0) is 15.3. The zero-order valence-electron chi connectivity index (χ0n) is 13.1. The summed E-state index contributed by atoms with van der Waals surface area (Å²) in [5.41, 5.74) is 6.71. The standard InChI is InChI=1S/C17H28N2O2/c1-2-15-7-9-16(10-8-15)21-14-11-17(20)19-13-6-4-3-5-12-18/h7-10H,2-6,11-14,18H2,1H3,(H,19,20). The largest absolute Gasteiger partial charge is 0.493 e. The zero-order valence-corrected chi connectivity index (χ0v) is 13.1. The van der Waals surface area contributed by atoms with Crippen LogP contribution in [0.1, 0.15) is 44.6 Å². The first-order valence-electron chi connectivity index (χ1n) is 7.94. The van der Waals surface area contributed by atoms with Gasteiger partial charge in [0.1, 0.15) is 5.75 Å². The van der Waals surface area contributed by atoms with Gasteiger partial charge in [-0.15, -0.1) is 0 Å². The van der Waals surface area contributed by atoms with Crippen molar-refractivity contribution < 1.29 is 9.53 Å². The monoisotopic (exact) mass is 292 g/mol. The molecule has 1 aromatic rings.